The fourth-order valence-electron chi connectivity index (χ4n) is 1.62. The first-order valence-electron chi connectivity index (χ1n) is 6.09. The SMILES string of the molecule is CCNc1ncnc(Sc2ccc(C)cc2)c1[N+](=O)[O-]. The molecule has 0 unspecified atom stereocenters. The number of benzene rings is 1. The van der Waals surface area contributed by atoms with Crippen LogP contribution in [-0.4, -0.2) is 21.4 Å². The Bertz CT molecular complexity index is 616. The summed E-state index contributed by atoms with van der Waals surface area (Å²) in [6.07, 6.45) is 1.33. The Labute approximate surface area is 120 Å². The second-order valence-electron chi connectivity index (χ2n) is 4.08. The van der Waals surface area contributed by atoms with E-state index >= 15 is 0 Å². The molecule has 0 spiro atoms. The first-order chi connectivity index (χ1) is 9.61. The van der Waals surface area contributed by atoms with E-state index in [1.54, 1.807) is 0 Å². The van der Waals surface area contributed by atoms with Crippen molar-refractivity contribution in [1.29, 1.82) is 0 Å². The van der Waals surface area contributed by atoms with E-state index in [2.05, 4.69) is 15.3 Å². The van der Waals surface area contributed by atoms with Gasteiger partial charge in [-0.2, -0.15) is 0 Å². The van der Waals surface area contributed by atoms with Crippen molar-refractivity contribution in [3.8, 4) is 0 Å². The maximum atomic E-state index is 11.2. The molecule has 7 heteroatoms. The predicted octanol–water partition coefficient (Wildman–Crippen LogP) is 3.28. The topological polar surface area (TPSA) is 81.0 Å². The second-order valence-corrected chi connectivity index (χ2v) is 5.14. The Balaban J connectivity index is 2.37. The highest BCUT2D eigenvalue weighted by molar-refractivity contribution is 7.99. The van der Waals surface area contributed by atoms with Crippen molar-refractivity contribution < 1.29 is 4.92 Å². The molecule has 0 aliphatic carbocycles. The van der Waals surface area contributed by atoms with Crippen LogP contribution in [0.4, 0.5) is 11.5 Å². The highest BCUT2D eigenvalue weighted by Crippen LogP contribution is 2.36. The summed E-state index contributed by atoms with van der Waals surface area (Å²) in [5.41, 5.74) is 1.06. The summed E-state index contributed by atoms with van der Waals surface area (Å²) in [7, 11) is 0. The molecule has 1 aromatic carbocycles. The van der Waals surface area contributed by atoms with E-state index in [0.717, 1.165) is 10.5 Å². The van der Waals surface area contributed by atoms with Gasteiger partial charge in [-0.1, -0.05) is 29.5 Å². The van der Waals surface area contributed by atoms with E-state index in [1.807, 2.05) is 38.1 Å². The largest absolute Gasteiger partial charge is 0.364 e. The molecule has 0 aliphatic rings. The lowest BCUT2D eigenvalue weighted by atomic mass is 10.2. The Kier molecular flexibility index (Phi) is 4.52. The van der Waals surface area contributed by atoms with Crippen molar-refractivity contribution >= 4 is 23.3 Å². The molecule has 2 aromatic rings. The van der Waals surface area contributed by atoms with Gasteiger partial charge >= 0.3 is 5.69 Å². The number of hydrogen-bond donors (Lipinski definition) is 1. The summed E-state index contributed by atoms with van der Waals surface area (Å²) in [5.74, 6) is 0.252. The molecular formula is C13H14N4O2S. The summed E-state index contributed by atoms with van der Waals surface area (Å²) in [5, 5.41) is 14.5. The van der Waals surface area contributed by atoms with Crippen molar-refractivity contribution in [2.45, 2.75) is 23.8 Å². The molecule has 0 fully saturated rings. The van der Waals surface area contributed by atoms with E-state index in [-0.39, 0.29) is 11.5 Å². The Morgan fingerprint density at radius 3 is 2.60 bits per heavy atom. The quantitative estimate of drug-likeness (QED) is 0.517. The van der Waals surface area contributed by atoms with Crippen LogP contribution in [0.15, 0.2) is 40.5 Å². The summed E-state index contributed by atoms with van der Waals surface area (Å²) >= 11 is 1.26. The fraction of sp³-hybridized carbons (Fsp3) is 0.231. The van der Waals surface area contributed by atoms with E-state index in [1.165, 1.54) is 18.1 Å². The van der Waals surface area contributed by atoms with E-state index in [0.29, 0.717) is 11.6 Å². The van der Waals surface area contributed by atoms with Crippen molar-refractivity contribution in [2.24, 2.45) is 0 Å². The molecule has 6 nitrogen and oxygen atoms in total. The first-order valence-corrected chi connectivity index (χ1v) is 6.91. The lowest BCUT2D eigenvalue weighted by molar-refractivity contribution is -0.387. The molecule has 1 aromatic heterocycles. The Hall–Kier alpha value is -2.15. The van der Waals surface area contributed by atoms with Gasteiger partial charge in [-0.15, -0.1) is 0 Å². The van der Waals surface area contributed by atoms with Crippen LogP contribution in [0.1, 0.15) is 12.5 Å². The number of nitrogens with one attached hydrogen (secondary N) is 1. The third-order valence-corrected chi connectivity index (χ3v) is 3.55. The zero-order chi connectivity index (χ0) is 14.5. The minimum atomic E-state index is -0.450. The summed E-state index contributed by atoms with van der Waals surface area (Å²) in [6.45, 7) is 4.41. The van der Waals surface area contributed by atoms with Gasteiger partial charge in [0, 0.05) is 11.4 Å². The van der Waals surface area contributed by atoms with Gasteiger partial charge < -0.3 is 5.32 Å². The van der Waals surface area contributed by atoms with Gasteiger partial charge in [0.1, 0.15) is 6.33 Å². The van der Waals surface area contributed by atoms with Crippen LogP contribution in [0.5, 0.6) is 0 Å². The number of aromatic nitrogens is 2. The van der Waals surface area contributed by atoms with E-state index in [4.69, 9.17) is 0 Å². The Morgan fingerprint density at radius 1 is 1.30 bits per heavy atom. The van der Waals surface area contributed by atoms with Crippen LogP contribution in [0.25, 0.3) is 0 Å². The lowest BCUT2D eigenvalue weighted by Crippen LogP contribution is -2.05. The highest BCUT2D eigenvalue weighted by atomic mass is 32.2. The number of aryl methyl sites for hydroxylation is 1. The van der Waals surface area contributed by atoms with Crippen LogP contribution < -0.4 is 5.32 Å². The van der Waals surface area contributed by atoms with Gasteiger partial charge in [-0.3, -0.25) is 10.1 Å². The molecule has 2 rings (SSSR count). The standard InChI is InChI=1S/C13H14N4O2S/c1-3-14-12-11(17(18)19)13(16-8-15-12)20-10-6-4-9(2)5-7-10/h4-8H,3H2,1-2H3,(H,14,15,16). The molecule has 0 amide bonds. The zero-order valence-corrected chi connectivity index (χ0v) is 12.0. The predicted molar refractivity (Wildman–Crippen MR) is 78.2 cm³/mol. The third-order valence-electron chi connectivity index (χ3n) is 2.55. The minimum absolute atomic E-state index is 0.0834. The zero-order valence-electron chi connectivity index (χ0n) is 11.2. The molecule has 0 saturated carbocycles. The lowest BCUT2D eigenvalue weighted by Gasteiger charge is -2.06. The van der Waals surface area contributed by atoms with Crippen LogP contribution in [0.3, 0.4) is 0 Å². The molecule has 1 heterocycles. The van der Waals surface area contributed by atoms with Gasteiger partial charge in [-0.25, -0.2) is 9.97 Å². The maximum Gasteiger partial charge on any atom is 0.343 e. The minimum Gasteiger partial charge on any atom is -0.364 e. The molecule has 1 N–H and O–H groups in total. The maximum absolute atomic E-state index is 11.2. The Morgan fingerprint density at radius 2 is 2.00 bits per heavy atom. The molecule has 0 radical (unpaired) electrons. The number of nitro groups is 1. The van der Waals surface area contributed by atoms with Crippen molar-refractivity contribution in [2.75, 3.05) is 11.9 Å². The third kappa shape index (κ3) is 3.24. The van der Waals surface area contributed by atoms with Crippen LogP contribution in [0, 0.1) is 17.0 Å². The van der Waals surface area contributed by atoms with Gasteiger partial charge in [0.2, 0.25) is 5.82 Å². The number of anilines is 1. The first kappa shape index (κ1) is 14.3. The summed E-state index contributed by atoms with van der Waals surface area (Å²) < 4.78 is 0. The van der Waals surface area contributed by atoms with Crippen molar-refractivity contribution in [3.63, 3.8) is 0 Å². The fourth-order valence-corrected chi connectivity index (χ4v) is 2.48. The molecule has 104 valence electrons. The summed E-state index contributed by atoms with van der Waals surface area (Å²) in [4.78, 5) is 19.6. The molecule has 0 atom stereocenters. The average Bonchev–Trinajstić information content (AvgIpc) is 2.41. The van der Waals surface area contributed by atoms with Crippen LogP contribution >= 0.6 is 11.8 Å². The smallest absolute Gasteiger partial charge is 0.343 e. The normalized spacial score (nSPS) is 10.3. The second kappa shape index (κ2) is 6.33. The van der Waals surface area contributed by atoms with Gasteiger partial charge in [0.05, 0.1) is 4.92 Å². The molecular weight excluding hydrogens is 276 g/mol. The van der Waals surface area contributed by atoms with Crippen molar-refractivity contribution in [1.82, 2.24) is 9.97 Å². The van der Waals surface area contributed by atoms with Crippen molar-refractivity contribution in [3.05, 3.63) is 46.3 Å². The molecule has 20 heavy (non-hydrogen) atoms. The summed E-state index contributed by atoms with van der Waals surface area (Å²) in [6, 6.07) is 7.75. The number of nitrogens with zero attached hydrogens (tertiary/aromatic N) is 3. The van der Waals surface area contributed by atoms with E-state index in [9.17, 15) is 10.1 Å². The monoisotopic (exact) mass is 290 g/mol. The molecule has 0 saturated heterocycles. The van der Waals surface area contributed by atoms with Gasteiger partial charge in [0.25, 0.3) is 0 Å². The number of rotatable bonds is 5. The molecule has 0 aliphatic heterocycles. The number of hydrogen-bond acceptors (Lipinski definition) is 6. The van der Waals surface area contributed by atoms with Gasteiger partial charge in [-0.05, 0) is 26.0 Å². The highest BCUT2D eigenvalue weighted by Gasteiger charge is 2.23. The van der Waals surface area contributed by atoms with E-state index < -0.39 is 4.92 Å². The van der Waals surface area contributed by atoms with Gasteiger partial charge in [0.15, 0.2) is 5.03 Å². The average molecular weight is 290 g/mol. The van der Waals surface area contributed by atoms with Crippen LogP contribution in [0.2, 0.25) is 0 Å². The molecule has 0 bridgehead atoms. The van der Waals surface area contributed by atoms with Crippen LogP contribution in [-0.2, 0) is 0 Å².